The number of benzene rings is 2. The summed E-state index contributed by atoms with van der Waals surface area (Å²) >= 11 is 3.85. The van der Waals surface area contributed by atoms with E-state index in [0.29, 0.717) is 23.8 Å². The molecule has 0 radical (unpaired) electrons. The zero-order chi connectivity index (χ0) is 26.5. The summed E-state index contributed by atoms with van der Waals surface area (Å²) in [5, 5.41) is 28.5. The van der Waals surface area contributed by atoms with Gasteiger partial charge in [0.1, 0.15) is 11.5 Å². The van der Waals surface area contributed by atoms with Gasteiger partial charge in [-0.15, -0.1) is 11.8 Å². The lowest BCUT2D eigenvalue weighted by Crippen LogP contribution is -2.36. The monoisotopic (exact) mass is 544 g/mol. The summed E-state index contributed by atoms with van der Waals surface area (Å²) in [5.74, 6) is 3.72. The largest absolute Gasteiger partial charge is 0.508 e. The highest BCUT2D eigenvalue weighted by atomic mass is 32.2. The predicted molar refractivity (Wildman–Crippen MR) is 157 cm³/mol. The Labute approximate surface area is 231 Å². The van der Waals surface area contributed by atoms with Crippen LogP contribution in [0.2, 0.25) is 0 Å². The quantitative estimate of drug-likeness (QED) is 0.173. The van der Waals surface area contributed by atoms with Gasteiger partial charge in [0.05, 0.1) is 0 Å². The predicted octanol–water partition coefficient (Wildman–Crippen LogP) is 8.74. The zero-order valence-electron chi connectivity index (χ0n) is 22.3. The molecule has 0 amide bonds. The van der Waals surface area contributed by atoms with E-state index in [1.807, 2.05) is 35.7 Å². The van der Waals surface area contributed by atoms with Crippen molar-refractivity contribution in [1.82, 2.24) is 0 Å². The third-order valence-corrected chi connectivity index (χ3v) is 10.2. The summed E-state index contributed by atoms with van der Waals surface area (Å²) in [6.45, 7) is 2.36. The zero-order valence-corrected chi connectivity index (χ0v) is 23.9. The summed E-state index contributed by atoms with van der Waals surface area (Å²) in [6, 6.07) is 13.6. The van der Waals surface area contributed by atoms with Crippen molar-refractivity contribution >= 4 is 29.5 Å². The number of hydrogen-bond donors (Lipinski definition) is 3. The Hall–Kier alpha value is -1.79. The SMILES string of the molecule is CC1(c2ccc(O)cc2)CSc2cc(O)ccc2C1CCCCCCCCCSCCCCCC(=O)O. The van der Waals surface area contributed by atoms with Gasteiger partial charge in [0.2, 0.25) is 0 Å². The van der Waals surface area contributed by atoms with Crippen LogP contribution in [0.5, 0.6) is 11.5 Å². The Morgan fingerprint density at radius 1 is 0.865 bits per heavy atom. The maximum atomic E-state index is 10.5. The Morgan fingerprint density at radius 2 is 1.46 bits per heavy atom. The molecule has 0 fully saturated rings. The number of aromatic hydroxyl groups is 2. The minimum absolute atomic E-state index is 0.00371. The number of aliphatic carboxylic acids is 1. The van der Waals surface area contributed by atoms with Gasteiger partial charge in [0.25, 0.3) is 0 Å². The Bertz CT molecular complexity index is 962. The first-order valence-corrected chi connectivity index (χ1v) is 16.1. The summed E-state index contributed by atoms with van der Waals surface area (Å²) in [7, 11) is 0. The van der Waals surface area contributed by atoms with Gasteiger partial charge >= 0.3 is 5.97 Å². The second-order valence-corrected chi connectivity index (χ2v) is 12.8. The van der Waals surface area contributed by atoms with Gasteiger partial charge in [-0.1, -0.05) is 70.1 Å². The molecule has 1 aliphatic rings. The van der Waals surface area contributed by atoms with E-state index >= 15 is 0 Å². The molecule has 0 saturated carbocycles. The average Bonchev–Trinajstić information content (AvgIpc) is 2.87. The van der Waals surface area contributed by atoms with Gasteiger partial charge in [-0.25, -0.2) is 0 Å². The first kappa shape index (κ1) is 29.8. The molecule has 1 aliphatic heterocycles. The molecule has 0 bridgehead atoms. The summed E-state index contributed by atoms with van der Waals surface area (Å²) < 4.78 is 0. The highest BCUT2D eigenvalue weighted by molar-refractivity contribution is 7.99. The molecule has 37 heavy (non-hydrogen) atoms. The van der Waals surface area contributed by atoms with Crippen LogP contribution in [-0.4, -0.2) is 38.5 Å². The minimum atomic E-state index is -0.681. The molecule has 0 saturated heterocycles. The molecular formula is C31H44O4S2. The van der Waals surface area contributed by atoms with E-state index in [2.05, 4.69) is 25.1 Å². The number of fused-ring (bicyclic) bond motifs is 1. The number of phenolic OH excluding ortho intramolecular Hbond substituents is 2. The number of rotatable bonds is 17. The molecule has 2 unspecified atom stereocenters. The lowest BCUT2D eigenvalue weighted by Gasteiger charge is -2.43. The van der Waals surface area contributed by atoms with E-state index in [0.717, 1.165) is 37.2 Å². The van der Waals surface area contributed by atoms with E-state index in [4.69, 9.17) is 5.11 Å². The van der Waals surface area contributed by atoms with Gasteiger partial charge in [0.15, 0.2) is 0 Å². The standard InChI is InChI=1S/C31H44O4S2/c1-31(24-14-16-25(32)17-15-24)23-37-29-22-26(33)18-19-27(29)28(31)12-8-5-3-2-4-6-10-20-36-21-11-7-9-13-30(34)35/h14-19,22,28,32-33H,2-13,20-21,23H2,1H3,(H,34,35). The van der Waals surface area contributed by atoms with E-state index < -0.39 is 5.97 Å². The third kappa shape index (κ3) is 9.47. The van der Waals surface area contributed by atoms with E-state index in [-0.39, 0.29) is 5.41 Å². The van der Waals surface area contributed by atoms with Crippen molar-refractivity contribution in [3.8, 4) is 11.5 Å². The van der Waals surface area contributed by atoms with Gasteiger partial charge in [-0.3, -0.25) is 4.79 Å². The normalized spacial score (nSPS) is 19.0. The van der Waals surface area contributed by atoms with Crippen LogP contribution in [0.4, 0.5) is 0 Å². The van der Waals surface area contributed by atoms with Crippen molar-refractivity contribution < 1.29 is 20.1 Å². The van der Waals surface area contributed by atoms with Crippen molar-refractivity contribution in [1.29, 1.82) is 0 Å². The number of unbranched alkanes of at least 4 members (excludes halogenated alkanes) is 8. The van der Waals surface area contributed by atoms with Crippen molar-refractivity contribution in [2.75, 3.05) is 17.3 Å². The number of carboxylic acids is 1. The van der Waals surface area contributed by atoms with Crippen molar-refractivity contribution in [3.05, 3.63) is 53.6 Å². The third-order valence-electron chi connectivity index (χ3n) is 7.66. The molecule has 2 atom stereocenters. The number of carbonyl (C=O) groups is 1. The van der Waals surface area contributed by atoms with Crippen LogP contribution in [-0.2, 0) is 10.2 Å². The second-order valence-electron chi connectivity index (χ2n) is 10.6. The molecule has 1 heterocycles. The van der Waals surface area contributed by atoms with Gasteiger partial charge in [-0.05, 0) is 78.5 Å². The van der Waals surface area contributed by atoms with Crippen molar-refractivity contribution in [2.24, 2.45) is 0 Å². The molecule has 0 aliphatic carbocycles. The molecule has 2 aromatic carbocycles. The Balaban J connectivity index is 1.36. The maximum Gasteiger partial charge on any atom is 0.303 e. The molecule has 6 heteroatoms. The fourth-order valence-corrected chi connectivity index (χ4v) is 7.83. The highest BCUT2D eigenvalue weighted by Crippen LogP contribution is 2.52. The number of hydrogen-bond acceptors (Lipinski definition) is 5. The fraction of sp³-hybridized carbons (Fsp3) is 0.581. The smallest absolute Gasteiger partial charge is 0.303 e. The molecule has 3 rings (SSSR count). The first-order chi connectivity index (χ1) is 17.9. The van der Waals surface area contributed by atoms with Crippen LogP contribution < -0.4 is 0 Å². The Morgan fingerprint density at radius 3 is 2.14 bits per heavy atom. The van der Waals surface area contributed by atoms with E-state index in [1.165, 1.54) is 66.7 Å². The van der Waals surface area contributed by atoms with Crippen LogP contribution >= 0.6 is 23.5 Å². The van der Waals surface area contributed by atoms with Crippen LogP contribution in [0.3, 0.4) is 0 Å². The lowest BCUT2D eigenvalue weighted by molar-refractivity contribution is -0.137. The molecule has 3 N–H and O–H groups in total. The lowest BCUT2D eigenvalue weighted by atomic mass is 9.68. The summed E-state index contributed by atoms with van der Waals surface area (Å²) in [4.78, 5) is 11.7. The number of carboxylic acid groups (broad SMARTS) is 1. The van der Waals surface area contributed by atoms with Crippen LogP contribution in [0.1, 0.15) is 101 Å². The number of thioether (sulfide) groups is 2. The highest BCUT2D eigenvalue weighted by Gasteiger charge is 2.41. The maximum absolute atomic E-state index is 10.5. The van der Waals surface area contributed by atoms with Crippen LogP contribution in [0.15, 0.2) is 47.4 Å². The summed E-state index contributed by atoms with van der Waals surface area (Å²) in [5.41, 5.74) is 2.62. The fourth-order valence-electron chi connectivity index (χ4n) is 5.40. The molecule has 2 aromatic rings. The van der Waals surface area contributed by atoms with Crippen molar-refractivity contribution in [3.63, 3.8) is 0 Å². The minimum Gasteiger partial charge on any atom is -0.508 e. The topological polar surface area (TPSA) is 77.8 Å². The molecule has 0 aromatic heterocycles. The second kappa shape index (κ2) is 15.6. The molecule has 204 valence electrons. The van der Waals surface area contributed by atoms with Gasteiger partial charge in [-0.2, -0.15) is 11.8 Å². The number of phenols is 2. The average molecular weight is 545 g/mol. The van der Waals surface area contributed by atoms with Gasteiger partial charge in [0, 0.05) is 22.5 Å². The first-order valence-electron chi connectivity index (χ1n) is 13.9. The molecular weight excluding hydrogens is 500 g/mol. The Kier molecular flexibility index (Phi) is 12.5. The molecule has 4 nitrogen and oxygen atoms in total. The van der Waals surface area contributed by atoms with Crippen molar-refractivity contribution in [2.45, 2.75) is 100 Å². The summed E-state index contributed by atoms with van der Waals surface area (Å²) in [6.07, 6.45) is 13.4. The van der Waals surface area contributed by atoms with E-state index in [1.54, 1.807) is 12.1 Å². The van der Waals surface area contributed by atoms with Crippen LogP contribution in [0.25, 0.3) is 0 Å². The van der Waals surface area contributed by atoms with Crippen LogP contribution in [0, 0.1) is 0 Å². The van der Waals surface area contributed by atoms with E-state index in [9.17, 15) is 15.0 Å². The van der Waals surface area contributed by atoms with Gasteiger partial charge < -0.3 is 15.3 Å². The molecule has 0 spiro atoms.